The van der Waals surface area contributed by atoms with Crippen molar-refractivity contribution < 1.29 is 19.4 Å². The summed E-state index contributed by atoms with van der Waals surface area (Å²) in [6, 6.07) is 6.77. The van der Waals surface area contributed by atoms with Crippen molar-refractivity contribution in [3.05, 3.63) is 35.6 Å². The zero-order valence-corrected chi connectivity index (χ0v) is 15.0. The predicted molar refractivity (Wildman–Crippen MR) is 93.6 cm³/mol. The van der Waals surface area contributed by atoms with Crippen LogP contribution in [-0.2, 0) is 4.79 Å². The van der Waals surface area contributed by atoms with Crippen LogP contribution in [0.4, 0.5) is 4.39 Å². The van der Waals surface area contributed by atoms with Crippen molar-refractivity contribution in [3.8, 4) is 0 Å². The third-order valence-electron chi connectivity index (χ3n) is 6.14. The Morgan fingerprint density at radius 1 is 1.24 bits per heavy atom. The zero-order valence-electron chi connectivity index (χ0n) is 15.0. The van der Waals surface area contributed by atoms with E-state index in [0.29, 0.717) is 37.8 Å². The number of amides is 1. The summed E-state index contributed by atoms with van der Waals surface area (Å²) in [4.78, 5) is 14.7. The van der Waals surface area contributed by atoms with Crippen LogP contribution < -0.4 is 0 Å². The van der Waals surface area contributed by atoms with E-state index in [1.165, 1.54) is 6.07 Å². The summed E-state index contributed by atoms with van der Waals surface area (Å²) in [6.07, 6.45) is 2.39. The minimum atomic E-state index is -1.03. The average Bonchev–Trinajstić information content (AvgIpc) is 2.86. The van der Waals surface area contributed by atoms with Gasteiger partial charge in [0.15, 0.2) is 0 Å². The molecule has 0 aromatic heterocycles. The molecule has 1 aromatic carbocycles. The van der Waals surface area contributed by atoms with Crippen molar-refractivity contribution in [2.24, 2.45) is 0 Å². The molecule has 1 amide bonds. The van der Waals surface area contributed by atoms with Gasteiger partial charge in [0.2, 0.25) is 5.91 Å². The molecule has 25 heavy (non-hydrogen) atoms. The molecule has 1 atom stereocenters. The van der Waals surface area contributed by atoms with Crippen LogP contribution in [0.5, 0.6) is 0 Å². The van der Waals surface area contributed by atoms with Crippen molar-refractivity contribution in [2.75, 3.05) is 6.54 Å². The summed E-state index contributed by atoms with van der Waals surface area (Å²) in [5, 5.41) is 20.3. The van der Waals surface area contributed by atoms with Crippen LogP contribution in [0.25, 0.3) is 0 Å². The number of benzene rings is 1. The number of carbonyl (C=O) groups excluding carboxylic acids is 1. The van der Waals surface area contributed by atoms with Gasteiger partial charge < -0.3 is 15.1 Å². The van der Waals surface area contributed by atoms with Crippen LogP contribution in [0.1, 0.15) is 63.9 Å². The Morgan fingerprint density at radius 3 is 2.52 bits per heavy atom. The number of rotatable bonds is 3. The van der Waals surface area contributed by atoms with Crippen molar-refractivity contribution in [1.29, 1.82) is 0 Å². The molecule has 0 radical (unpaired) electrons. The molecule has 5 heteroatoms. The van der Waals surface area contributed by atoms with E-state index in [1.807, 2.05) is 19.9 Å². The smallest absolute Gasteiger partial charge is 0.225 e. The molecule has 1 unspecified atom stereocenters. The maximum atomic E-state index is 14.2. The van der Waals surface area contributed by atoms with Crippen LogP contribution >= 0.6 is 0 Å². The molecule has 3 rings (SSSR count). The predicted octanol–water partition coefficient (Wildman–Crippen LogP) is 2.98. The molecule has 1 aliphatic carbocycles. The van der Waals surface area contributed by atoms with Gasteiger partial charge in [0.25, 0.3) is 0 Å². The minimum absolute atomic E-state index is 0.0551. The monoisotopic (exact) mass is 349 g/mol. The highest BCUT2D eigenvalue weighted by atomic mass is 19.1. The largest absolute Gasteiger partial charge is 0.393 e. The van der Waals surface area contributed by atoms with Crippen LogP contribution in [0.15, 0.2) is 24.3 Å². The zero-order chi connectivity index (χ0) is 18.2. The first-order chi connectivity index (χ1) is 11.7. The van der Waals surface area contributed by atoms with Gasteiger partial charge in [-0.1, -0.05) is 18.2 Å². The summed E-state index contributed by atoms with van der Waals surface area (Å²) < 4.78 is 14.2. The number of likely N-dealkylation sites (tertiary alicyclic amines) is 1. The molecule has 1 heterocycles. The first-order valence-electron chi connectivity index (χ1n) is 9.18. The van der Waals surface area contributed by atoms with Gasteiger partial charge in [-0.2, -0.15) is 0 Å². The molecule has 2 fully saturated rings. The van der Waals surface area contributed by atoms with E-state index >= 15 is 0 Å². The van der Waals surface area contributed by atoms with E-state index in [0.717, 1.165) is 6.42 Å². The number of hydrogen-bond donors (Lipinski definition) is 2. The number of halogens is 1. The maximum Gasteiger partial charge on any atom is 0.225 e. The second kappa shape index (κ2) is 6.69. The van der Waals surface area contributed by atoms with E-state index in [1.54, 1.807) is 17.0 Å². The number of nitrogens with zero attached hydrogens (tertiary/aromatic N) is 1. The average molecular weight is 349 g/mol. The summed E-state index contributed by atoms with van der Waals surface area (Å²) in [5.41, 5.74) is -0.867. The van der Waals surface area contributed by atoms with Crippen molar-refractivity contribution in [1.82, 2.24) is 4.90 Å². The van der Waals surface area contributed by atoms with E-state index in [2.05, 4.69) is 0 Å². The summed E-state index contributed by atoms with van der Waals surface area (Å²) in [6.45, 7) is 4.52. The van der Waals surface area contributed by atoms with E-state index in [9.17, 15) is 19.4 Å². The molecule has 138 valence electrons. The Labute approximate surface area is 148 Å². The topological polar surface area (TPSA) is 60.8 Å². The van der Waals surface area contributed by atoms with E-state index < -0.39 is 11.1 Å². The Hall–Kier alpha value is -1.46. The SMILES string of the molecule is CC1(C)C(c2ccccc2F)CCN1C(=O)CC1(O)CCC(O)CC1. The van der Waals surface area contributed by atoms with E-state index in [4.69, 9.17) is 0 Å². The van der Waals surface area contributed by atoms with Gasteiger partial charge in [-0.25, -0.2) is 4.39 Å². The van der Waals surface area contributed by atoms with Gasteiger partial charge in [0.1, 0.15) is 5.82 Å². The van der Waals surface area contributed by atoms with Crippen LogP contribution in [0, 0.1) is 5.82 Å². The highest BCUT2D eigenvalue weighted by molar-refractivity contribution is 5.78. The first kappa shape index (κ1) is 18.3. The second-order valence-electron chi connectivity index (χ2n) is 8.19. The van der Waals surface area contributed by atoms with Crippen molar-refractivity contribution in [2.45, 2.75) is 75.5 Å². The van der Waals surface area contributed by atoms with Crippen molar-refractivity contribution >= 4 is 5.91 Å². The molecule has 4 nitrogen and oxygen atoms in total. The van der Waals surface area contributed by atoms with Gasteiger partial charge in [0.05, 0.1) is 18.1 Å². The Morgan fingerprint density at radius 2 is 1.88 bits per heavy atom. The van der Waals surface area contributed by atoms with Gasteiger partial charge in [-0.3, -0.25) is 4.79 Å². The van der Waals surface area contributed by atoms with Gasteiger partial charge in [-0.05, 0) is 57.6 Å². The lowest BCUT2D eigenvalue weighted by atomic mass is 9.80. The number of aliphatic hydroxyl groups excluding tert-OH is 1. The Kier molecular flexibility index (Phi) is 4.91. The van der Waals surface area contributed by atoms with Crippen LogP contribution in [-0.4, -0.2) is 44.8 Å². The molecule has 2 aliphatic rings. The molecule has 2 N–H and O–H groups in total. The highest BCUT2D eigenvalue weighted by Crippen LogP contribution is 2.43. The molecule has 0 spiro atoms. The summed E-state index contributed by atoms with van der Waals surface area (Å²) in [7, 11) is 0. The molecule has 1 aliphatic heterocycles. The fourth-order valence-electron chi connectivity index (χ4n) is 4.52. The second-order valence-corrected chi connectivity index (χ2v) is 8.19. The lowest BCUT2D eigenvalue weighted by Gasteiger charge is -2.40. The molecular weight excluding hydrogens is 321 g/mol. The highest BCUT2D eigenvalue weighted by Gasteiger charge is 2.47. The quantitative estimate of drug-likeness (QED) is 0.882. The molecule has 1 saturated heterocycles. The number of aliphatic hydroxyl groups is 2. The van der Waals surface area contributed by atoms with Gasteiger partial charge in [0, 0.05) is 18.0 Å². The van der Waals surface area contributed by atoms with E-state index in [-0.39, 0.29) is 30.2 Å². The Balaban J connectivity index is 1.73. The summed E-state index contributed by atoms with van der Waals surface area (Å²) in [5.74, 6) is -0.363. The lowest BCUT2D eigenvalue weighted by molar-refractivity contribution is -0.142. The van der Waals surface area contributed by atoms with Gasteiger partial charge >= 0.3 is 0 Å². The molecule has 1 saturated carbocycles. The third kappa shape index (κ3) is 3.58. The van der Waals surface area contributed by atoms with Crippen LogP contribution in [0.2, 0.25) is 0 Å². The summed E-state index contributed by atoms with van der Waals surface area (Å²) >= 11 is 0. The maximum absolute atomic E-state index is 14.2. The molecular formula is C20H28FNO3. The van der Waals surface area contributed by atoms with Gasteiger partial charge in [-0.15, -0.1) is 0 Å². The normalized spacial score (nSPS) is 32.0. The molecule has 1 aromatic rings. The van der Waals surface area contributed by atoms with Crippen molar-refractivity contribution in [3.63, 3.8) is 0 Å². The fraction of sp³-hybridized carbons (Fsp3) is 0.650. The Bertz CT molecular complexity index is 638. The number of carbonyl (C=O) groups is 1. The minimum Gasteiger partial charge on any atom is -0.393 e. The third-order valence-corrected chi connectivity index (χ3v) is 6.14. The first-order valence-corrected chi connectivity index (χ1v) is 9.18. The van der Waals surface area contributed by atoms with Crippen LogP contribution in [0.3, 0.4) is 0 Å². The number of hydrogen-bond acceptors (Lipinski definition) is 3. The standard InChI is InChI=1S/C20H28FNO3/c1-19(2)16(15-5-3-4-6-17(15)21)9-12-22(19)18(24)13-20(25)10-7-14(23)8-11-20/h3-6,14,16,23,25H,7-13H2,1-2H3. The fourth-order valence-corrected chi connectivity index (χ4v) is 4.52. The lowest BCUT2D eigenvalue weighted by Crippen LogP contribution is -2.49. The molecule has 0 bridgehead atoms.